The lowest BCUT2D eigenvalue weighted by molar-refractivity contribution is -0.155. The van der Waals surface area contributed by atoms with Crippen molar-refractivity contribution in [2.24, 2.45) is 0 Å². The van der Waals surface area contributed by atoms with Crippen LogP contribution in [0.3, 0.4) is 0 Å². The van der Waals surface area contributed by atoms with Gasteiger partial charge in [-0.1, -0.05) is 143 Å². The first kappa shape index (κ1) is 42.5. The molecule has 3 aliphatic rings. The number of nitrogens with zero attached hydrogens (tertiary/aromatic N) is 1. The maximum Gasteiger partial charge on any atom is 0.359 e. The molecule has 58 heavy (non-hydrogen) atoms. The zero-order valence-corrected chi connectivity index (χ0v) is 34.7. The number of carbonyl (C=O) groups excluding carboxylic acids is 3. The van der Waals surface area contributed by atoms with Gasteiger partial charge < -0.3 is 24.6 Å². The van der Waals surface area contributed by atoms with Gasteiger partial charge in [0.1, 0.15) is 17.2 Å². The first-order chi connectivity index (χ1) is 28.2. The van der Waals surface area contributed by atoms with Crippen molar-refractivity contribution in [2.45, 2.75) is 88.0 Å². The van der Waals surface area contributed by atoms with Crippen molar-refractivity contribution >= 4 is 40.3 Å². The highest BCUT2D eigenvalue weighted by atomic mass is 32.2. The van der Waals surface area contributed by atoms with E-state index in [0.717, 1.165) is 46.8 Å². The summed E-state index contributed by atoms with van der Waals surface area (Å²) in [6, 6.07) is 33.0. The number of ether oxygens (including phenoxy) is 3. The fraction of sp³-hybridized carbons (Fsp3) is 0.370. The van der Waals surface area contributed by atoms with Gasteiger partial charge in [0.15, 0.2) is 23.3 Å². The van der Waals surface area contributed by atoms with E-state index in [1.165, 1.54) is 54.3 Å². The molecule has 3 aliphatic heterocycles. The molecule has 10 nitrogen and oxygen atoms in total. The lowest BCUT2D eigenvalue weighted by atomic mass is 10.0. The van der Waals surface area contributed by atoms with Gasteiger partial charge in [-0.15, -0.1) is 11.8 Å². The Hall–Kier alpha value is -5.07. The van der Waals surface area contributed by atoms with Gasteiger partial charge in [0.05, 0.1) is 12.2 Å². The van der Waals surface area contributed by atoms with Crippen LogP contribution in [-0.2, 0) is 42.8 Å². The molecule has 0 bridgehead atoms. The summed E-state index contributed by atoms with van der Waals surface area (Å²) in [5.41, 5.74) is 3.37. The average Bonchev–Trinajstić information content (AvgIpc) is 3.72. The van der Waals surface area contributed by atoms with Gasteiger partial charge in [0, 0.05) is 21.8 Å². The van der Waals surface area contributed by atoms with Gasteiger partial charge in [0.2, 0.25) is 12.7 Å². The van der Waals surface area contributed by atoms with Crippen LogP contribution in [0.4, 0.5) is 0 Å². The smallest absolute Gasteiger partial charge is 0.359 e. The molecule has 12 heteroatoms. The van der Waals surface area contributed by atoms with Crippen molar-refractivity contribution in [3.8, 4) is 11.5 Å². The van der Waals surface area contributed by atoms with E-state index in [1.807, 2.05) is 109 Å². The second-order valence-electron chi connectivity index (χ2n) is 14.6. The first-order valence-electron chi connectivity index (χ1n) is 20.0. The van der Waals surface area contributed by atoms with Crippen LogP contribution in [0.25, 0.3) is 0 Å². The second-order valence-corrected chi connectivity index (χ2v) is 17.7. The molecule has 7 rings (SSSR count). The topological polar surface area (TPSA) is 131 Å². The van der Waals surface area contributed by atoms with Crippen LogP contribution in [0.5, 0.6) is 11.5 Å². The molecule has 0 aromatic heterocycles. The fourth-order valence-electron chi connectivity index (χ4n) is 7.06. The first-order valence-corrected chi connectivity index (χ1v) is 22.4. The zero-order valence-electron chi connectivity index (χ0n) is 33.0. The quantitative estimate of drug-likeness (QED) is 0.0615. The van der Waals surface area contributed by atoms with Crippen LogP contribution in [0.2, 0.25) is 0 Å². The number of thioether (sulfide) groups is 1. The number of fused-ring (bicyclic) bond motifs is 2. The van der Waals surface area contributed by atoms with Crippen molar-refractivity contribution in [3.05, 3.63) is 143 Å². The van der Waals surface area contributed by atoms with Crippen molar-refractivity contribution in [1.29, 1.82) is 0 Å². The Kier molecular flexibility index (Phi) is 15.5. The number of unbranched alkanes of at least 4 members (excludes halogenated alkanes) is 5. The summed E-state index contributed by atoms with van der Waals surface area (Å²) in [4.78, 5) is 40.1. The molecular formula is C46H52N2O8S2. The summed E-state index contributed by atoms with van der Waals surface area (Å²) in [6.07, 6.45) is 7.75. The number of aliphatic hydroxyl groups excluding tert-OH is 1. The third-order valence-corrected chi connectivity index (χ3v) is 13.2. The summed E-state index contributed by atoms with van der Waals surface area (Å²) in [5.74, 6) is 0.833. The van der Waals surface area contributed by atoms with Crippen LogP contribution in [0.15, 0.2) is 121 Å². The van der Waals surface area contributed by atoms with Crippen LogP contribution in [0.1, 0.15) is 80.7 Å². The molecule has 0 aliphatic carbocycles. The highest BCUT2D eigenvalue weighted by molar-refractivity contribution is 8.00. The molecule has 0 spiro atoms. The number of β-lactam (4-membered cyclic amide) rings is 1. The van der Waals surface area contributed by atoms with E-state index < -0.39 is 40.2 Å². The minimum absolute atomic E-state index is 0.130. The van der Waals surface area contributed by atoms with E-state index in [1.54, 1.807) is 0 Å². The van der Waals surface area contributed by atoms with E-state index in [4.69, 9.17) is 14.2 Å². The van der Waals surface area contributed by atoms with Gasteiger partial charge in [0.25, 0.3) is 5.91 Å². The number of aliphatic hydroxyl groups is 1. The van der Waals surface area contributed by atoms with E-state index in [9.17, 15) is 23.7 Å². The second kappa shape index (κ2) is 21.1. The van der Waals surface area contributed by atoms with Crippen LogP contribution < -0.4 is 14.8 Å². The maximum atomic E-state index is 13.3. The minimum Gasteiger partial charge on any atom is -0.509 e. The molecule has 3 heterocycles. The molecule has 2 amide bonds. The van der Waals surface area contributed by atoms with Gasteiger partial charge in [-0.3, -0.25) is 18.7 Å². The normalized spacial score (nSPS) is 17.7. The number of amides is 2. The number of esters is 1. The Morgan fingerprint density at radius 1 is 0.862 bits per heavy atom. The minimum atomic E-state index is -0.794. The Balaban J connectivity index is 0.000000221. The molecule has 1 fully saturated rings. The number of rotatable bonds is 17. The number of hydrogen-bond donors (Lipinski definition) is 2. The molecule has 2 N–H and O–H groups in total. The molecule has 4 aromatic rings. The number of nitrogens with one attached hydrogen (secondary N) is 1. The predicted octanol–water partition coefficient (Wildman–Crippen LogP) is 8.19. The summed E-state index contributed by atoms with van der Waals surface area (Å²) >= 11 is 1.29. The van der Waals surface area contributed by atoms with Crippen LogP contribution in [0, 0.1) is 0 Å². The molecular weight excluding hydrogens is 773 g/mol. The summed E-state index contributed by atoms with van der Waals surface area (Å²) < 4.78 is 28.9. The summed E-state index contributed by atoms with van der Waals surface area (Å²) in [5, 5.41) is 13.0. The molecule has 1 saturated heterocycles. The van der Waals surface area contributed by atoms with Gasteiger partial charge in [-0.05, 0) is 47.2 Å². The third kappa shape index (κ3) is 11.1. The number of hydrogen-bond acceptors (Lipinski definition) is 9. The van der Waals surface area contributed by atoms with Gasteiger partial charge >= 0.3 is 5.97 Å². The standard InChI is InChI=1S/C28H24N2O5S.C18H28O3S/c31-21-17-36-27-23(29-22(32)16-18-10-4-1-5-11-18)26(33)30(27)24(21)28(34)35-25(19-12-6-2-7-13-19)20-14-8-3-9-15-20;1-3-4-5-6-7-8-11-22(19)15(2)12-16-9-10-17-18(13-16)21-14-20-17/h1-15,23,25,27,31H,16-17H2,(H,29,32);9-10,13,15H,3-8,11-12,14H2,1-2H3/t23?,27-;/m1./s1. The highest BCUT2D eigenvalue weighted by Crippen LogP contribution is 2.41. The van der Waals surface area contributed by atoms with E-state index in [0.29, 0.717) is 6.79 Å². The van der Waals surface area contributed by atoms with Gasteiger partial charge in [-0.2, -0.15) is 0 Å². The van der Waals surface area contributed by atoms with Crippen LogP contribution >= 0.6 is 11.8 Å². The number of benzene rings is 4. The van der Waals surface area contributed by atoms with E-state index >= 15 is 0 Å². The largest absolute Gasteiger partial charge is 0.509 e. The molecule has 4 aromatic carbocycles. The lowest BCUT2D eigenvalue weighted by Gasteiger charge is -2.48. The Bertz CT molecular complexity index is 2010. The molecule has 0 saturated carbocycles. The van der Waals surface area contributed by atoms with Gasteiger partial charge in [-0.25, -0.2) is 4.79 Å². The maximum absolute atomic E-state index is 13.3. The Morgan fingerprint density at radius 2 is 1.48 bits per heavy atom. The summed E-state index contributed by atoms with van der Waals surface area (Å²) in [6.45, 7) is 4.61. The highest BCUT2D eigenvalue weighted by Gasteiger charge is 2.55. The van der Waals surface area contributed by atoms with E-state index in [2.05, 4.69) is 19.2 Å². The van der Waals surface area contributed by atoms with Crippen molar-refractivity contribution in [3.63, 3.8) is 0 Å². The lowest BCUT2D eigenvalue weighted by Crippen LogP contribution is -2.70. The SMILES string of the molecule is CCCCCCCCS(=O)C(C)Cc1ccc2c(c1)OCO2.O=C(Cc1ccccc1)NC1C(=O)N2C(C(=O)OC(c3ccccc3)c3ccccc3)=C(O)CS[C@H]12. The van der Waals surface area contributed by atoms with Crippen molar-refractivity contribution in [2.75, 3.05) is 18.3 Å². The monoisotopic (exact) mass is 824 g/mol. The number of carbonyl (C=O) groups is 3. The predicted molar refractivity (Wildman–Crippen MR) is 228 cm³/mol. The Labute approximate surface area is 347 Å². The summed E-state index contributed by atoms with van der Waals surface area (Å²) in [7, 11) is -0.743. The average molecular weight is 825 g/mol. The fourth-order valence-corrected chi connectivity index (χ4v) is 9.53. The third-order valence-electron chi connectivity index (χ3n) is 10.2. The molecule has 4 atom stereocenters. The van der Waals surface area contributed by atoms with Crippen molar-refractivity contribution < 1.29 is 37.9 Å². The van der Waals surface area contributed by atoms with E-state index in [-0.39, 0.29) is 34.8 Å². The molecule has 0 radical (unpaired) electrons. The van der Waals surface area contributed by atoms with Crippen molar-refractivity contribution in [1.82, 2.24) is 10.2 Å². The zero-order chi connectivity index (χ0) is 40.9. The Morgan fingerprint density at radius 3 is 2.16 bits per heavy atom. The van der Waals surface area contributed by atoms with Crippen LogP contribution in [-0.4, -0.2) is 67.0 Å². The molecule has 3 unspecified atom stereocenters. The molecule has 306 valence electrons.